The Labute approximate surface area is 333 Å². The van der Waals surface area contributed by atoms with Crippen LogP contribution in [-0.4, -0.2) is 98.4 Å². The van der Waals surface area contributed by atoms with E-state index in [1.54, 1.807) is 60.5 Å². The Morgan fingerprint density at radius 1 is 0.702 bits per heavy atom. The predicted octanol–water partition coefficient (Wildman–Crippen LogP) is 7.25. The van der Waals surface area contributed by atoms with E-state index in [1.165, 1.54) is 0 Å². The number of anilines is 2. The van der Waals surface area contributed by atoms with Crippen LogP contribution in [0.2, 0.25) is 0 Å². The summed E-state index contributed by atoms with van der Waals surface area (Å²) in [7, 11) is 3.55. The van der Waals surface area contributed by atoms with E-state index in [-0.39, 0.29) is 11.8 Å². The van der Waals surface area contributed by atoms with Crippen molar-refractivity contribution in [1.82, 2.24) is 20.4 Å². The first-order valence-corrected chi connectivity index (χ1v) is 19.1. The first kappa shape index (κ1) is 40.2. The number of likely N-dealkylation sites (N-methyl/N-ethyl adjacent to an activating group) is 2. The summed E-state index contributed by atoms with van der Waals surface area (Å²) < 4.78 is 6.18. The lowest BCUT2D eigenvalue weighted by Gasteiger charge is -2.37. The Balaban J connectivity index is 1.16. The van der Waals surface area contributed by atoms with Gasteiger partial charge in [0.05, 0.1) is 11.4 Å². The standard InChI is InChI=1S/C45H48N6O6/c1-46-26-27-47-42(52)35-18-13-19-36(32-35)43(53)48(2)30-31-49-28-24-37(25-29-49)57-45(56)51(41-23-12-10-21-39(41)34-16-7-4-8-17-34)50(44(54)55)40-22-11-9-20-38(40)33-14-5-3-6-15-33/h3-23,32,37,46H,24-31H2,1-2H3,(H,47,52)(H,54,55). The van der Waals surface area contributed by atoms with Crippen molar-refractivity contribution in [3.63, 3.8) is 0 Å². The number of amides is 4. The van der Waals surface area contributed by atoms with E-state index in [1.807, 2.05) is 92.0 Å². The molecule has 57 heavy (non-hydrogen) atoms. The monoisotopic (exact) mass is 768 g/mol. The third-order valence-electron chi connectivity index (χ3n) is 9.92. The fourth-order valence-corrected chi connectivity index (χ4v) is 6.88. The number of nitrogens with one attached hydrogen (secondary N) is 2. The summed E-state index contributed by atoms with van der Waals surface area (Å²) in [5.74, 6) is -0.418. The van der Waals surface area contributed by atoms with Crippen LogP contribution in [0.5, 0.6) is 0 Å². The zero-order chi connectivity index (χ0) is 40.1. The molecule has 0 saturated carbocycles. The summed E-state index contributed by atoms with van der Waals surface area (Å²) >= 11 is 0. The van der Waals surface area contributed by atoms with Crippen LogP contribution in [0.4, 0.5) is 21.0 Å². The topological polar surface area (TPSA) is 135 Å². The third-order valence-corrected chi connectivity index (χ3v) is 9.92. The SMILES string of the molecule is CNCCNC(=O)c1cccc(C(=O)N(C)CCN2CCC(OC(=O)N(c3ccccc3-c3ccccc3)N(C(=O)O)c3ccccc3-c3ccccc3)CC2)c1. The molecule has 1 heterocycles. The Hall–Kier alpha value is -6.50. The zero-order valence-electron chi connectivity index (χ0n) is 32.2. The zero-order valence-corrected chi connectivity index (χ0v) is 32.2. The van der Waals surface area contributed by atoms with Crippen LogP contribution in [-0.2, 0) is 4.74 Å². The van der Waals surface area contributed by atoms with Crippen molar-refractivity contribution in [3.8, 4) is 22.3 Å². The Morgan fingerprint density at radius 2 is 1.25 bits per heavy atom. The van der Waals surface area contributed by atoms with Crippen LogP contribution in [0.25, 0.3) is 22.3 Å². The lowest BCUT2D eigenvalue weighted by Crippen LogP contribution is -2.52. The Morgan fingerprint density at radius 3 is 1.82 bits per heavy atom. The van der Waals surface area contributed by atoms with Crippen molar-refractivity contribution in [3.05, 3.63) is 145 Å². The molecule has 1 fully saturated rings. The van der Waals surface area contributed by atoms with Crippen molar-refractivity contribution < 1.29 is 29.0 Å². The molecule has 1 saturated heterocycles. The number of carbonyl (C=O) groups is 4. The van der Waals surface area contributed by atoms with Crippen molar-refractivity contribution in [2.24, 2.45) is 0 Å². The number of rotatable bonds is 13. The van der Waals surface area contributed by atoms with Crippen LogP contribution in [0.3, 0.4) is 0 Å². The summed E-state index contributed by atoms with van der Waals surface area (Å²) in [6, 6.07) is 39.9. The van der Waals surface area contributed by atoms with E-state index in [0.29, 0.717) is 85.7 Å². The minimum absolute atomic E-state index is 0.184. The van der Waals surface area contributed by atoms with Crippen LogP contribution < -0.4 is 20.7 Å². The fraction of sp³-hybridized carbons (Fsp3) is 0.244. The van der Waals surface area contributed by atoms with Crippen LogP contribution in [0.1, 0.15) is 33.6 Å². The summed E-state index contributed by atoms with van der Waals surface area (Å²) in [4.78, 5) is 57.6. The molecule has 5 aromatic carbocycles. The van der Waals surface area contributed by atoms with Gasteiger partial charge in [0.25, 0.3) is 11.8 Å². The molecule has 6 rings (SSSR count). The second-order valence-corrected chi connectivity index (χ2v) is 13.8. The normalized spacial score (nSPS) is 13.0. The molecule has 0 aliphatic carbocycles. The number of hydrogen-bond acceptors (Lipinski definition) is 7. The molecule has 1 aliphatic heterocycles. The number of likely N-dealkylation sites (tertiary alicyclic amines) is 1. The number of hydrogen-bond donors (Lipinski definition) is 3. The van der Waals surface area contributed by atoms with Gasteiger partial charge in [-0.15, -0.1) is 0 Å². The van der Waals surface area contributed by atoms with E-state index in [4.69, 9.17) is 4.74 Å². The number of carboxylic acid groups (broad SMARTS) is 1. The fourth-order valence-electron chi connectivity index (χ4n) is 6.88. The maximum Gasteiger partial charge on any atom is 0.434 e. The van der Waals surface area contributed by atoms with E-state index in [0.717, 1.165) is 21.1 Å². The molecule has 0 aromatic heterocycles. The van der Waals surface area contributed by atoms with Crippen molar-refractivity contribution in [2.45, 2.75) is 18.9 Å². The van der Waals surface area contributed by atoms with Crippen molar-refractivity contribution >= 4 is 35.4 Å². The molecule has 5 aromatic rings. The molecule has 0 radical (unpaired) electrons. The number of carbonyl (C=O) groups excluding carboxylic acids is 3. The highest BCUT2D eigenvalue weighted by Crippen LogP contribution is 2.38. The van der Waals surface area contributed by atoms with E-state index in [2.05, 4.69) is 15.5 Å². The van der Waals surface area contributed by atoms with Crippen LogP contribution >= 0.6 is 0 Å². The number of nitrogens with zero attached hydrogens (tertiary/aromatic N) is 4. The van der Waals surface area contributed by atoms with Gasteiger partial charge in [0.15, 0.2) is 0 Å². The lowest BCUT2D eigenvalue weighted by atomic mass is 10.0. The summed E-state index contributed by atoms with van der Waals surface area (Å²) in [5, 5.41) is 18.8. The number of piperidine rings is 1. The minimum Gasteiger partial charge on any atom is -0.463 e. The predicted molar refractivity (Wildman–Crippen MR) is 222 cm³/mol. The first-order chi connectivity index (χ1) is 27.7. The maximum absolute atomic E-state index is 14.5. The lowest BCUT2D eigenvalue weighted by molar-refractivity contribution is 0.0503. The molecule has 0 atom stereocenters. The molecular formula is C45H48N6O6. The summed E-state index contributed by atoms with van der Waals surface area (Å²) in [6.07, 6.45) is -1.59. The maximum atomic E-state index is 14.5. The molecule has 12 heteroatoms. The van der Waals surface area contributed by atoms with E-state index >= 15 is 0 Å². The average molecular weight is 769 g/mol. The van der Waals surface area contributed by atoms with Gasteiger partial charge in [0, 0.05) is 68.6 Å². The largest absolute Gasteiger partial charge is 0.463 e. The minimum atomic E-state index is -1.36. The molecule has 0 unspecified atom stereocenters. The Kier molecular flexibility index (Phi) is 13.7. The first-order valence-electron chi connectivity index (χ1n) is 19.1. The molecule has 3 N–H and O–H groups in total. The van der Waals surface area contributed by atoms with Crippen LogP contribution in [0.15, 0.2) is 133 Å². The Bertz CT molecular complexity index is 2140. The average Bonchev–Trinajstić information content (AvgIpc) is 3.25. The number of benzene rings is 5. The van der Waals surface area contributed by atoms with Crippen molar-refractivity contribution in [2.75, 3.05) is 63.4 Å². The molecule has 0 spiro atoms. The quantitative estimate of drug-likeness (QED) is 0.0843. The number of ether oxygens (including phenoxy) is 1. The molecule has 4 amide bonds. The van der Waals surface area contributed by atoms with Gasteiger partial charge >= 0.3 is 12.2 Å². The molecule has 294 valence electrons. The highest BCUT2D eigenvalue weighted by Gasteiger charge is 2.36. The van der Waals surface area contributed by atoms with Crippen molar-refractivity contribution in [1.29, 1.82) is 0 Å². The smallest absolute Gasteiger partial charge is 0.434 e. The van der Waals surface area contributed by atoms with E-state index < -0.39 is 18.3 Å². The molecule has 12 nitrogen and oxygen atoms in total. The number of para-hydroxylation sites is 2. The van der Waals surface area contributed by atoms with Crippen LogP contribution in [0, 0.1) is 0 Å². The summed E-state index contributed by atoms with van der Waals surface area (Å²) in [5.41, 5.74) is 4.40. The van der Waals surface area contributed by atoms with Gasteiger partial charge in [0.2, 0.25) is 0 Å². The van der Waals surface area contributed by atoms with Gasteiger partial charge in [-0.1, -0.05) is 103 Å². The molecule has 0 bridgehead atoms. The van der Waals surface area contributed by atoms with Gasteiger partial charge in [-0.3, -0.25) is 9.59 Å². The van der Waals surface area contributed by atoms with Gasteiger partial charge in [-0.05, 0) is 61.3 Å². The van der Waals surface area contributed by atoms with Gasteiger partial charge < -0.3 is 30.3 Å². The summed E-state index contributed by atoms with van der Waals surface area (Å²) in [6.45, 7) is 3.41. The second-order valence-electron chi connectivity index (χ2n) is 13.8. The van der Waals surface area contributed by atoms with E-state index in [9.17, 15) is 24.3 Å². The van der Waals surface area contributed by atoms with Gasteiger partial charge in [-0.2, -0.15) is 10.0 Å². The third kappa shape index (κ3) is 10.0. The highest BCUT2D eigenvalue weighted by atomic mass is 16.6. The second kappa shape index (κ2) is 19.4. The highest BCUT2D eigenvalue weighted by molar-refractivity contribution is 6.06. The number of hydrazine groups is 1. The molecule has 1 aliphatic rings. The van der Waals surface area contributed by atoms with Gasteiger partial charge in [0.1, 0.15) is 6.10 Å². The van der Waals surface area contributed by atoms with Gasteiger partial charge in [-0.25, -0.2) is 9.59 Å². The molecular weight excluding hydrogens is 721 g/mol.